The Bertz CT molecular complexity index is 3780. The van der Waals surface area contributed by atoms with Gasteiger partial charge in [0.2, 0.25) is 0 Å². The quantitative estimate of drug-likeness (QED) is 0.108. The number of furan rings is 2. The zero-order chi connectivity index (χ0) is 50.7. The van der Waals surface area contributed by atoms with Gasteiger partial charge in [-0.05, 0) is 115 Å². The van der Waals surface area contributed by atoms with Crippen LogP contribution in [0.15, 0.2) is 240 Å². The first-order chi connectivity index (χ1) is 35.4. The van der Waals surface area contributed by atoms with E-state index in [9.17, 15) is 0 Å². The molecule has 0 spiro atoms. The van der Waals surface area contributed by atoms with Crippen molar-refractivity contribution >= 4 is 77.6 Å². The van der Waals surface area contributed by atoms with E-state index in [4.69, 9.17) is 15.4 Å². The number of hydrogen-bond acceptors (Lipinski definition) is 3. The molecule has 72 heavy (non-hydrogen) atoms. The summed E-state index contributed by atoms with van der Waals surface area (Å²) in [6.45, 7) is 25.2. The summed E-state index contributed by atoms with van der Waals surface area (Å²) < 4.78 is 15.3. The van der Waals surface area contributed by atoms with Crippen molar-refractivity contribution in [3.8, 4) is 5.69 Å². The van der Waals surface area contributed by atoms with Crippen molar-refractivity contribution in [1.29, 1.82) is 0 Å². The Morgan fingerprint density at radius 3 is 2.12 bits per heavy atom. The summed E-state index contributed by atoms with van der Waals surface area (Å²) in [6.07, 6.45) is 29.3. The fourth-order valence-corrected chi connectivity index (χ4v) is 9.95. The molecule has 0 saturated carbocycles. The van der Waals surface area contributed by atoms with E-state index in [1.807, 2.05) is 96.2 Å². The van der Waals surface area contributed by atoms with Crippen LogP contribution in [-0.2, 0) is 6.42 Å². The van der Waals surface area contributed by atoms with Gasteiger partial charge >= 0.3 is 0 Å². The molecule has 1 aliphatic carbocycles. The largest absolute Gasteiger partial charge is 0.456 e. The van der Waals surface area contributed by atoms with Crippen molar-refractivity contribution < 1.29 is 8.83 Å². The van der Waals surface area contributed by atoms with Gasteiger partial charge in [0.05, 0.1) is 28.1 Å². The highest BCUT2D eigenvalue weighted by atomic mass is 16.3. The first-order valence-electron chi connectivity index (χ1n) is 25.4. The van der Waals surface area contributed by atoms with Gasteiger partial charge in [-0.1, -0.05) is 199 Å². The number of benzene rings is 6. The van der Waals surface area contributed by atoms with Gasteiger partial charge in [-0.25, -0.2) is 0 Å². The van der Waals surface area contributed by atoms with Crippen molar-refractivity contribution in [2.24, 2.45) is 0 Å². The van der Waals surface area contributed by atoms with Crippen molar-refractivity contribution in [3.05, 3.63) is 259 Å². The molecular formula is C68H66N2O2. The lowest BCUT2D eigenvalue weighted by Gasteiger charge is -2.31. The Morgan fingerprint density at radius 2 is 1.42 bits per heavy atom. The predicted octanol–water partition coefficient (Wildman–Crippen LogP) is 17.4. The number of rotatable bonds is 13. The van der Waals surface area contributed by atoms with Crippen LogP contribution in [0.3, 0.4) is 0 Å². The maximum Gasteiger partial charge on any atom is 0.137 e. The molecule has 3 aromatic heterocycles. The molecule has 0 fully saturated rings. The molecular weight excluding hydrogens is 877 g/mol. The standard InChI is InChI=1S/C64H54N2O2.2C2H6/c1-7-11-14-22-43(5)61-54(65(6)48-37-34-46(35-38-48)45(25-12-8-2)33-32-44-23-15-13-16-24-44)40-41-56-64(61)52-42-47(49(9-3)62-50-26-17-19-29-58(50)67-57(62)10-4)36-39-53(52)66(56)55-28-21-31-60-63(55)51-27-18-20-30-59(51)68-60;2*1-2/h7-31,33-37,39-42,48H,2-3,5,32,38H2,1,4,6H3;2*1-2H3/b11-7-,22-14-,25-12-,45-33+,57-10+,62-49+;;. The zero-order valence-corrected chi connectivity index (χ0v) is 43.0. The maximum atomic E-state index is 6.49. The SMILES string of the molecule is C=C/C=C\C(=C/Cc1ccccc1)C1=CCC(N(C)c2ccc3c(c2C(=C)/C=C\C=C/C)c2cc(/C(C=C)=c4/c(=C\C)oc5ccccc45)ccc2n3-c2cccc3oc4ccccc4c23)C=C1.CC.CC. The van der Waals surface area contributed by atoms with Crippen LogP contribution in [0, 0.1) is 0 Å². The number of nitrogens with zero attached hydrogens (tertiary/aromatic N) is 2. The van der Waals surface area contributed by atoms with E-state index in [0.29, 0.717) is 0 Å². The number of hydrogen-bond donors (Lipinski definition) is 0. The van der Waals surface area contributed by atoms with Crippen molar-refractivity contribution in [2.45, 2.75) is 60.4 Å². The van der Waals surface area contributed by atoms with E-state index in [-0.39, 0.29) is 6.04 Å². The Hall–Kier alpha value is -8.34. The Labute approximate surface area is 425 Å². The number of fused-ring (bicyclic) bond motifs is 7. The molecule has 6 aromatic carbocycles. The highest BCUT2D eigenvalue weighted by molar-refractivity contribution is 6.19. The molecule has 0 N–H and O–H groups in total. The van der Waals surface area contributed by atoms with Crippen LogP contribution in [0.25, 0.3) is 77.6 Å². The molecule has 1 atom stereocenters. The minimum absolute atomic E-state index is 0.0924. The number of allylic oxidation sites excluding steroid dienone is 13. The highest BCUT2D eigenvalue weighted by Crippen LogP contribution is 2.45. The topological polar surface area (TPSA) is 34.5 Å². The third-order valence-electron chi connectivity index (χ3n) is 13.2. The van der Waals surface area contributed by atoms with E-state index < -0.39 is 0 Å². The number of para-hydroxylation sites is 2. The Kier molecular flexibility index (Phi) is 16.0. The average molecular weight is 943 g/mol. The molecule has 1 aliphatic rings. The summed E-state index contributed by atoms with van der Waals surface area (Å²) in [5, 5.41) is 6.45. The summed E-state index contributed by atoms with van der Waals surface area (Å²) in [5.74, 6) is 0. The lowest BCUT2D eigenvalue weighted by molar-refractivity contribution is 0.574. The van der Waals surface area contributed by atoms with Crippen LogP contribution >= 0.6 is 0 Å². The molecule has 0 radical (unpaired) electrons. The van der Waals surface area contributed by atoms with Crippen LogP contribution in [0.2, 0.25) is 0 Å². The van der Waals surface area contributed by atoms with Gasteiger partial charge in [-0.2, -0.15) is 0 Å². The lowest BCUT2D eigenvalue weighted by Crippen LogP contribution is -2.31. The number of aromatic nitrogens is 1. The third kappa shape index (κ3) is 9.61. The Morgan fingerprint density at radius 1 is 0.708 bits per heavy atom. The molecule has 0 aliphatic heterocycles. The first-order valence-corrected chi connectivity index (χ1v) is 25.4. The van der Waals surface area contributed by atoms with Crippen molar-refractivity contribution in [3.63, 3.8) is 0 Å². The number of anilines is 1. The molecule has 3 heterocycles. The molecule has 4 heteroatoms. The van der Waals surface area contributed by atoms with E-state index in [1.165, 1.54) is 16.7 Å². The predicted molar refractivity (Wildman–Crippen MR) is 314 cm³/mol. The lowest BCUT2D eigenvalue weighted by atomic mass is 9.92. The zero-order valence-electron chi connectivity index (χ0n) is 43.0. The fraction of sp³-hybridized carbons (Fsp3) is 0.147. The second-order valence-electron chi connectivity index (χ2n) is 17.2. The Balaban J connectivity index is 0.00000169. The molecule has 9 aromatic rings. The van der Waals surface area contributed by atoms with Gasteiger partial charge in [0.15, 0.2) is 0 Å². The average Bonchev–Trinajstić information content (AvgIpc) is 4.12. The normalized spacial score (nSPS) is 14.6. The highest BCUT2D eigenvalue weighted by Gasteiger charge is 2.26. The molecule has 0 amide bonds. The third-order valence-corrected chi connectivity index (χ3v) is 13.2. The van der Waals surface area contributed by atoms with Crippen molar-refractivity contribution in [1.82, 2.24) is 4.57 Å². The smallest absolute Gasteiger partial charge is 0.137 e. The fourth-order valence-electron chi connectivity index (χ4n) is 9.95. The van der Waals surface area contributed by atoms with E-state index in [2.05, 4.69) is 181 Å². The summed E-state index contributed by atoms with van der Waals surface area (Å²) in [4.78, 5) is 2.42. The number of likely N-dealkylation sites (N-methyl/N-ethyl adjacent to an activating group) is 1. The molecule has 0 bridgehead atoms. The molecule has 10 rings (SSSR count). The first kappa shape index (κ1) is 50.1. The summed E-state index contributed by atoms with van der Waals surface area (Å²) in [5.41, 5.74) is 15.4. The summed E-state index contributed by atoms with van der Waals surface area (Å²) in [6, 6.07) is 45.0. The van der Waals surface area contributed by atoms with Crippen molar-refractivity contribution in [2.75, 3.05) is 11.9 Å². The second kappa shape index (κ2) is 23.1. The minimum atomic E-state index is 0.0924. The van der Waals surface area contributed by atoms with Gasteiger partial charge < -0.3 is 18.3 Å². The van der Waals surface area contributed by atoms with Gasteiger partial charge in [-0.3, -0.25) is 0 Å². The van der Waals surface area contributed by atoms with E-state index in [1.54, 1.807) is 0 Å². The van der Waals surface area contributed by atoms with Crippen LogP contribution in [0.4, 0.5) is 5.69 Å². The van der Waals surface area contributed by atoms with Gasteiger partial charge in [0, 0.05) is 45.1 Å². The van der Waals surface area contributed by atoms with E-state index in [0.717, 1.165) is 112 Å². The monoisotopic (exact) mass is 943 g/mol. The minimum Gasteiger partial charge on any atom is -0.456 e. The van der Waals surface area contributed by atoms with Crippen LogP contribution in [0.5, 0.6) is 0 Å². The van der Waals surface area contributed by atoms with E-state index >= 15 is 0 Å². The van der Waals surface area contributed by atoms with Gasteiger partial charge in [0.25, 0.3) is 0 Å². The van der Waals surface area contributed by atoms with Crippen LogP contribution < -0.4 is 15.5 Å². The summed E-state index contributed by atoms with van der Waals surface area (Å²) >= 11 is 0. The molecule has 1 unspecified atom stereocenters. The van der Waals surface area contributed by atoms with Gasteiger partial charge in [0.1, 0.15) is 22.2 Å². The molecule has 360 valence electrons. The summed E-state index contributed by atoms with van der Waals surface area (Å²) in [7, 11) is 2.21. The maximum absolute atomic E-state index is 6.49. The molecule has 4 nitrogen and oxygen atoms in total. The van der Waals surface area contributed by atoms with Gasteiger partial charge in [-0.15, -0.1) is 0 Å². The van der Waals surface area contributed by atoms with Crippen LogP contribution in [0.1, 0.15) is 64.7 Å². The molecule has 0 saturated heterocycles. The second-order valence-corrected chi connectivity index (χ2v) is 17.2. The van der Waals surface area contributed by atoms with Crippen LogP contribution in [-0.4, -0.2) is 17.7 Å².